The first-order chi connectivity index (χ1) is 12.3. The van der Waals surface area contributed by atoms with Crippen molar-refractivity contribution < 1.29 is 4.52 Å². The molecule has 0 bridgehead atoms. The zero-order valence-electron chi connectivity index (χ0n) is 14.3. The van der Waals surface area contributed by atoms with E-state index in [1.165, 1.54) is 0 Å². The molecular weight excluding hydrogens is 316 g/mol. The minimum atomic E-state index is 0.692. The van der Waals surface area contributed by atoms with Gasteiger partial charge in [0, 0.05) is 29.9 Å². The number of nitrogens with zero attached hydrogens (tertiary/aromatic N) is 4. The second-order valence-corrected chi connectivity index (χ2v) is 5.90. The molecule has 0 aliphatic heterocycles. The summed E-state index contributed by atoms with van der Waals surface area (Å²) in [6.45, 7) is 7.07. The van der Waals surface area contributed by atoms with Gasteiger partial charge in [-0.05, 0) is 37.4 Å². The fourth-order valence-electron chi connectivity index (χ4n) is 2.92. The highest BCUT2D eigenvalue weighted by atomic mass is 16.5. The molecule has 3 heterocycles. The number of fused-ring (bicyclic) bond motifs is 2. The Hall–Kier alpha value is -2.93. The molecule has 0 aliphatic rings. The molecule has 0 unspecified atom stereocenters. The summed E-state index contributed by atoms with van der Waals surface area (Å²) in [5.41, 5.74) is 4.32. The third-order valence-corrected chi connectivity index (χ3v) is 4.40. The molecule has 0 amide bonds. The Balaban J connectivity index is 1.61. The van der Waals surface area contributed by atoms with Crippen molar-refractivity contribution in [3.05, 3.63) is 42.2 Å². The molecular formula is C18H20N6O. The molecule has 0 saturated heterocycles. The molecule has 128 valence electrons. The number of hydrogen-bond acceptors (Lipinski definition) is 6. The molecule has 7 nitrogen and oxygen atoms in total. The maximum Gasteiger partial charge on any atom is 0.178 e. The van der Waals surface area contributed by atoms with Gasteiger partial charge < -0.3 is 9.84 Å². The van der Waals surface area contributed by atoms with Crippen molar-refractivity contribution in [2.75, 3.05) is 18.4 Å². The van der Waals surface area contributed by atoms with Gasteiger partial charge in [-0.3, -0.25) is 15.0 Å². The quantitative estimate of drug-likeness (QED) is 0.559. The number of anilines is 2. The standard InChI is InChI=1S/C18H20N6O/c1-3-24(4-2)11-15-13-8-7-12(10-16(13)25-23-15)20-18-17-14(21-22-18)6-5-9-19-17/h5-10H,3-4,11H2,1-2H3,(H2,20,21,22). The van der Waals surface area contributed by atoms with Gasteiger partial charge in [0.2, 0.25) is 0 Å². The van der Waals surface area contributed by atoms with Gasteiger partial charge in [0.1, 0.15) is 11.2 Å². The number of H-pyrrole nitrogens is 1. The molecule has 0 atom stereocenters. The number of nitrogens with one attached hydrogen (secondary N) is 2. The molecule has 0 aliphatic carbocycles. The zero-order valence-corrected chi connectivity index (χ0v) is 14.3. The number of aromatic nitrogens is 4. The van der Waals surface area contributed by atoms with Crippen LogP contribution in [-0.2, 0) is 6.54 Å². The second-order valence-electron chi connectivity index (χ2n) is 5.90. The summed E-state index contributed by atoms with van der Waals surface area (Å²) in [7, 11) is 0. The Morgan fingerprint density at radius 2 is 2.08 bits per heavy atom. The van der Waals surface area contributed by atoms with E-state index in [9.17, 15) is 0 Å². The smallest absolute Gasteiger partial charge is 0.178 e. The fraction of sp³-hybridized carbons (Fsp3) is 0.278. The van der Waals surface area contributed by atoms with Crippen LogP contribution in [0.4, 0.5) is 11.5 Å². The van der Waals surface area contributed by atoms with Crippen LogP contribution in [0.15, 0.2) is 41.1 Å². The van der Waals surface area contributed by atoms with Crippen molar-refractivity contribution in [2.45, 2.75) is 20.4 Å². The molecule has 25 heavy (non-hydrogen) atoms. The predicted molar refractivity (Wildman–Crippen MR) is 97.8 cm³/mol. The molecule has 0 saturated carbocycles. The van der Waals surface area contributed by atoms with E-state index in [1.807, 2.05) is 30.3 Å². The average Bonchev–Trinajstić information content (AvgIpc) is 3.24. The third kappa shape index (κ3) is 2.94. The molecule has 0 fully saturated rings. The van der Waals surface area contributed by atoms with Gasteiger partial charge in [0.25, 0.3) is 0 Å². The second kappa shape index (κ2) is 6.52. The Morgan fingerprint density at radius 3 is 2.92 bits per heavy atom. The van der Waals surface area contributed by atoms with E-state index in [0.29, 0.717) is 5.82 Å². The lowest BCUT2D eigenvalue weighted by atomic mass is 10.2. The maximum absolute atomic E-state index is 5.53. The van der Waals surface area contributed by atoms with Crippen LogP contribution >= 0.6 is 0 Å². The maximum atomic E-state index is 5.53. The van der Waals surface area contributed by atoms with Gasteiger partial charge in [0.05, 0.1) is 5.52 Å². The van der Waals surface area contributed by atoms with Crippen molar-refractivity contribution in [3.8, 4) is 0 Å². The number of aromatic amines is 1. The summed E-state index contributed by atoms with van der Waals surface area (Å²) in [4.78, 5) is 6.67. The summed E-state index contributed by atoms with van der Waals surface area (Å²) >= 11 is 0. The zero-order chi connectivity index (χ0) is 17.2. The topological polar surface area (TPSA) is 82.9 Å². The number of rotatable bonds is 6. The van der Waals surface area contributed by atoms with Gasteiger partial charge in [0.15, 0.2) is 11.4 Å². The van der Waals surface area contributed by atoms with Crippen molar-refractivity contribution in [2.24, 2.45) is 0 Å². The van der Waals surface area contributed by atoms with E-state index in [4.69, 9.17) is 4.52 Å². The van der Waals surface area contributed by atoms with E-state index >= 15 is 0 Å². The van der Waals surface area contributed by atoms with Crippen LogP contribution in [0, 0.1) is 0 Å². The molecule has 0 spiro atoms. The molecule has 4 aromatic rings. The molecule has 1 aromatic carbocycles. The largest absolute Gasteiger partial charge is 0.356 e. The first-order valence-corrected chi connectivity index (χ1v) is 8.45. The number of benzene rings is 1. The Bertz CT molecular complexity index is 1000. The summed E-state index contributed by atoms with van der Waals surface area (Å²) in [6.07, 6.45) is 1.75. The Labute approximate surface area is 145 Å². The summed E-state index contributed by atoms with van der Waals surface area (Å²) in [5.74, 6) is 0.692. The van der Waals surface area contributed by atoms with E-state index < -0.39 is 0 Å². The predicted octanol–water partition coefficient (Wildman–Crippen LogP) is 3.68. The molecule has 7 heteroatoms. The highest BCUT2D eigenvalue weighted by molar-refractivity contribution is 5.89. The van der Waals surface area contributed by atoms with Crippen LogP contribution < -0.4 is 5.32 Å². The molecule has 2 N–H and O–H groups in total. The minimum absolute atomic E-state index is 0.692. The minimum Gasteiger partial charge on any atom is -0.356 e. The van der Waals surface area contributed by atoms with Crippen LogP contribution in [0.5, 0.6) is 0 Å². The third-order valence-electron chi connectivity index (χ3n) is 4.40. The normalized spacial score (nSPS) is 11.6. The SMILES string of the molecule is CCN(CC)Cc1noc2cc(Nc3n[nH]c4cccnc34)ccc12. The van der Waals surface area contributed by atoms with Gasteiger partial charge in [-0.2, -0.15) is 5.10 Å². The lowest BCUT2D eigenvalue weighted by Crippen LogP contribution is -2.22. The fourth-order valence-corrected chi connectivity index (χ4v) is 2.92. The van der Waals surface area contributed by atoms with Crippen LogP contribution in [0.2, 0.25) is 0 Å². The Kier molecular flexibility index (Phi) is 4.07. The van der Waals surface area contributed by atoms with Crippen molar-refractivity contribution in [3.63, 3.8) is 0 Å². The number of hydrogen-bond donors (Lipinski definition) is 2. The van der Waals surface area contributed by atoms with E-state index in [-0.39, 0.29) is 0 Å². The van der Waals surface area contributed by atoms with Gasteiger partial charge in [-0.1, -0.05) is 19.0 Å². The summed E-state index contributed by atoms with van der Waals surface area (Å²) in [5, 5.41) is 15.8. The van der Waals surface area contributed by atoms with Gasteiger partial charge in [-0.15, -0.1) is 0 Å². The van der Waals surface area contributed by atoms with Gasteiger partial charge in [-0.25, -0.2) is 0 Å². The van der Waals surface area contributed by atoms with Crippen LogP contribution in [-0.4, -0.2) is 38.3 Å². The summed E-state index contributed by atoms with van der Waals surface area (Å²) < 4.78 is 5.53. The van der Waals surface area contributed by atoms with Crippen molar-refractivity contribution >= 4 is 33.5 Å². The van der Waals surface area contributed by atoms with E-state index in [2.05, 4.69) is 44.4 Å². The Morgan fingerprint density at radius 1 is 1.20 bits per heavy atom. The van der Waals surface area contributed by atoms with Crippen molar-refractivity contribution in [1.82, 2.24) is 25.2 Å². The molecule has 0 radical (unpaired) electrons. The van der Waals surface area contributed by atoms with Gasteiger partial charge >= 0.3 is 0 Å². The monoisotopic (exact) mass is 336 g/mol. The number of pyridine rings is 1. The molecule has 3 aromatic heterocycles. The lowest BCUT2D eigenvalue weighted by molar-refractivity contribution is 0.285. The van der Waals surface area contributed by atoms with Crippen LogP contribution in [0.25, 0.3) is 22.0 Å². The van der Waals surface area contributed by atoms with Crippen LogP contribution in [0.3, 0.4) is 0 Å². The molecule has 4 rings (SSSR count). The van der Waals surface area contributed by atoms with Crippen molar-refractivity contribution in [1.29, 1.82) is 0 Å². The first kappa shape index (κ1) is 15.6. The highest BCUT2D eigenvalue weighted by Gasteiger charge is 2.13. The first-order valence-electron chi connectivity index (χ1n) is 8.45. The van der Waals surface area contributed by atoms with E-state index in [0.717, 1.165) is 53.0 Å². The average molecular weight is 336 g/mol. The highest BCUT2D eigenvalue weighted by Crippen LogP contribution is 2.27. The van der Waals surface area contributed by atoms with E-state index in [1.54, 1.807) is 6.20 Å². The lowest BCUT2D eigenvalue weighted by Gasteiger charge is -2.15. The van der Waals surface area contributed by atoms with Crippen LogP contribution in [0.1, 0.15) is 19.5 Å². The summed E-state index contributed by atoms with van der Waals surface area (Å²) in [6, 6.07) is 9.81.